The third-order valence-corrected chi connectivity index (χ3v) is 4.71. The zero-order chi connectivity index (χ0) is 14.2. The highest BCUT2D eigenvalue weighted by Gasteiger charge is 2.31. The molecule has 1 atom stereocenters. The molecule has 0 bridgehead atoms. The Morgan fingerprint density at radius 2 is 1.80 bits per heavy atom. The lowest BCUT2D eigenvalue weighted by atomic mass is 9.75. The standard InChI is InChI=1S/C17H17Cl2N/c18-15-5-6-16(19)14(9-15)11-17(20)8-7-12-3-1-2-4-13(12)10-17/h1-6,9H,7-8,10-11,20H2. The van der Waals surface area contributed by atoms with Gasteiger partial charge in [-0.2, -0.15) is 0 Å². The molecule has 0 aliphatic heterocycles. The molecule has 2 aromatic rings. The largest absolute Gasteiger partial charge is 0.324 e. The normalized spacial score (nSPS) is 21.6. The Labute approximate surface area is 129 Å². The van der Waals surface area contributed by atoms with Crippen LogP contribution in [0.5, 0.6) is 0 Å². The third-order valence-electron chi connectivity index (χ3n) is 4.10. The van der Waals surface area contributed by atoms with Crippen LogP contribution in [0.15, 0.2) is 42.5 Å². The predicted octanol–water partition coefficient (Wildman–Crippen LogP) is 4.42. The van der Waals surface area contributed by atoms with E-state index in [1.54, 1.807) is 0 Å². The van der Waals surface area contributed by atoms with Gasteiger partial charge in [0.2, 0.25) is 0 Å². The smallest absolute Gasteiger partial charge is 0.0439 e. The van der Waals surface area contributed by atoms with Crippen molar-refractivity contribution in [2.45, 2.75) is 31.2 Å². The Kier molecular flexibility index (Phi) is 3.76. The minimum Gasteiger partial charge on any atom is -0.324 e. The molecular weight excluding hydrogens is 289 g/mol. The van der Waals surface area contributed by atoms with E-state index in [0.717, 1.165) is 36.3 Å². The number of hydrogen-bond donors (Lipinski definition) is 1. The van der Waals surface area contributed by atoms with Gasteiger partial charge in [0, 0.05) is 15.6 Å². The summed E-state index contributed by atoms with van der Waals surface area (Å²) in [5.41, 5.74) is 10.2. The van der Waals surface area contributed by atoms with Crippen molar-refractivity contribution in [1.29, 1.82) is 0 Å². The lowest BCUT2D eigenvalue weighted by Gasteiger charge is -2.35. The van der Waals surface area contributed by atoms with Gasteiger partial charge in [-0.3, -0.25) is 0 Å². The van der Waals surface area contributed by atoms with Crippen LogP contribution in [-0.4, -0.2) is 5.54 Å². The number of nitrogens with two attached hydrogens (primary N) is 1. The SMILES string of the molecule is NC1(Cc2cc(Cl)ccc2Cl)CCc2ccccc2C1. The van der Waals surface area contributed by atoms with Crippen LogP contribution in [0.25, 0.3) is 0 Å². The molecule has 1 nitrogen and oxygen atoms in total. The molecular formula is C17H17Cl2N. The van der Waals surface area contributed by atoms with Crippen LogP contribution < -0.4 is 5.73 Å². The number of halogens is 2. The van der Waals surface area contributed by atoms with Gasteiger partial charge in [0.1, 0.15) is 0 Å². The fourth-order valence-electron chi connectivity index (χ4n) is 3.03. The summed E-state index contributed by atoms with van der Waals surface area (Å²) in [6.07, 6.45) is 3.67. The molecule has 0 aromatic heterocycles. The third kappa shape index (κ3) is 2.85. The molecule has 3 rings (SSSR count). The van der Waals surface area contributed by atoms with Crippen LogP contribution in [0.1, 0.15) is 23.1 Å². The molecule has 3 heteroatoms. The van der Waals surface area contributed by atoms with Gasteiger partial charge < -0.3 is 5.73 Å². The Morgan fingerprint density at radius 1 is 1.05 bits per heavy atom. The van der Waals surface area contributed by atoms with E-state index in [9.17, 15) is 0 Å². The maximum absolute atomic E-state index is 6.62. The Bertz CT molecular complexity index is 639. The molecule has 1 aliphatic carbocycles. The van der Waals surface area contributed by atoms with Crippen molar-refractivity contribution in [3.63, 3.8) is 0 Å². The average molecular weight is 306 g/mol. The summed E-state index contributed by atoms with van der Waals surface area (Å²) in [4.78, 5) is 0. The van der Waals surface area contributed by atoms with E-state index < -0.39 is 0 Å². The first-order valence-corrected chi connectivity index (χ1v) is 7.61. The first-order valence-electron chi connectivity index (χ1n) is 6.85. The molecule has 1 aliphatic rings. The topological polar surface area (TPSA) is 26.0 Å². The summed E-state index contributed by atoms with van der Waals surface area (Å²) in [6.45, 7) is 0. The van der Waals surface area contributed by atoms with Crippen LogP contribution in [-0.2, 0) is 19.3 Å². The Hall–Kier alpha value is -1.02. The van der Waals surface area contributed by atoms with Crippen molar-refractivity contribution >= 4 is 23.2 Å². The van der Waals surface area contributed by atoms with Crippen molar-refractivity contribution in [3.05, 3.63) is 69.2 Å². The molecule has 1 unspecified atom stereocenters. The molecule has 2 aromatic carbocycles. The summed E-state index contributed by atoms with van der Waals surface area (Å²) in [6, 6.07) is 14.1. The summed E-state index contributed by atoms with van der Waals surface area (Å²) < 4.78 is 0. The molecule has 0 heterocycles. The van der Waals surface area contributed by atoms with Crippen molar-refractivity contribution in [2.24, 2.45) is 5.73 Å². The highest BCUT2D eigenvalue weighted by molar-refractivity contribution is 6.33. The lowest BCUT2D eigenvalue weighted by molar-refractivity contribution is 0.369. The lowest BCUT2D eigenvalue weighted by Crippen LogP contribution is -2.47. The fraction of sp³-hybridized carbons (Fsp3) is 0.294. The van der Waals surface area contributed by atoms with Gasteiger partial charge in [0.05, 0.1) is 0 Å². The van der Waals surface area contributed by atoms with Crippen LogP contribution >= 0.6 is 23.2 Å². The molecule has 2 N–H and O–H groups in total. The van der Waals surface area contributed by atoms with Gasteiger partial charge in [-0.25, -0.2) is 0 Å². The monoisotopic (exact) mass is 305 g/mol. The molecule has 0 spiro atoms. The average Bonchev–Trinajstić information content (AvgIpc) is 2.42. The van der Waals surface area contributed by atoms with Crippen LogP contribution in [0, 0.1) is 0 Å². The van der Waals surface area contributed by atoms with E-state index in [1.807, 2.05) is 18.2 Å². The van der Waals surface area contributed by atoms with Gasteiger partial charge >= 0.3 is 0 Å². The second kappa shape index (κ2) is 5.40. The van der Waals surface area contributed by atoms with E-state index in [0.29, 0.717) is 5.02 Å². The predicted molar refractivity (Wildman–Crippen MR) is 85.6 cm³/mol. The molecule has 0 radical (unpaired) electrons. The van der Waals surface area contributed by atoms with Crippen molar-refractivity contribution in [1.82, 2.24) is 0 Å². The quantitative estimate of drug-likeness (QED) is 0.873. The van der Waals surface area contributed by atoms with Gasteiger partial charge in [0.15, 0.2) is 0 Å². The molecule has 104 valence electrons. The number of aryl methyl sites for hydroxylation is 1. The maximum atomic E-state index is 6.62. The molecule has 0 saturated carbocycles. The van der Waals surface area contributed by atoms with Crippen LogP contribution in [0.4, 0.5) is 0 Å². The Morgan fingerprint density at radius 3 is 2.60 bits per heavy atom. The van der Waals surface area contributed by atoms with Crippen LogP contribution in [0.2, 0.25) is 10.0 Å². The first kappa shape index (κ1) is 13.9. The highest BCUT2D eigenvalue weighted by atomic mass is 35.5. The zero-order valence-corrected chi connectivity index (χ0v) is 12.7. The second-order valence-electron chi connectivity index (χ2n) is 5.72. The molecule has 20 heavy (non-hydrogen) atoms. The van der Waals surface area contributed by atoms with Crippen molar-refractivity contribution in [3.8, 4) is 0 Å². The van der Waals surface area contributed by atoms with E-state index in [1.165, 1.54) is 11.1 Å². The zero-order valence-electron chi connectivity index (χ0n) is 11.2. The number of hydrogen-bond acceptors (Lipinski definition) is 1. The maximum Gasteiger partial charge on any atom is 0.0439 e. The number of rotatable bonds is 2. The summed E-state index contributed by atoms with van der Waals surface area (Å²) in [5, 5.41) is 1.46. The van der Waals surface area contributed by atoms with E-state index in [4.69, 9.17) is 28.9 Å². The van der Waals surface area contributed by atoms with Gasteiger partial charge in [0.25, 0.3) is 0 Å². The van der Waals surface area contributed by atoms with Gasteiger partial charge in [-0.15, -0.1) is 0 Å². The first-order chi connectivity index (χ1) is 9.56. The van der Waals surface area contributed by atoms with Gasteiger partial charge in [-0.1, -0.05) is 47.5 Å². The van der Waals surface area contributed by atoms with Crippen molar-refractivity contribution < 1.29 is 0 Å². The number of benzene rings is 2. The minimum atomic E-state index is -0.233. The number of fused-ring (bicyclic) bond motifs is 1. The van der Waals surface area contributed by atoms with E-state index in [2.05, 4.69) is 24.3 Å². The van der Waals surface area contributed by atoms with E-state index >= 15 is 0 Å². The van der Waals surface area contributed by atoms with Gasteiger partial charge in [-0.05, 0) is 60.6 Å². The minimum absolute atomic E-state index is 0.233. The fourth-order valence-corrected chi connectivity index (χ4v) is 3.41. The van der Waals surface area contributed by atoms with E-state index in [-0.39, 0.29) is 5.54 Å². The molecule has 0 fully saturated rings. The molecule has 0 saturated heterocycles. The van der Waals surface area contributed by atoms with Crippen LogP contribution in [0.3, 0.4) is 0 Å². The molecule has 0 amide bonds. The summed E-state index contributed by atoms with van der Waals surface area (Å²) >= 11 is 12.3. The summed E-state index contributed by atoms with van der Waals surface area (Å²) in [7, 11) is 0. The highest BCUT2D eigenvalue weighted by Crippen LogP contribution is 2.32. The second-order valence-corrected chi connectivity index (χ2v) is 6.56. The van der Waals surface area contributed by atoms with Crippen molar-refractivity contribution in [2.75, 3.05) is 0 Å². The Balaban J connectivity index is 1.86. The summed E-state index contributed by atoms with van der Waals surface area (Å²) in [5.74, 6) is 0.